The molecule has 31 heavy (non-hydrogen) atoms. The lowest BCUT2D eigenvalue weighted by Crippen LogP contribution is -2.41. The van der Waals surface area contributed by atoms with Crippen LogP contribution in [0.3, 0.4) is 0 Å². The number of piperidine rings is 1. The number of benzene rings is 2. The van der Waals surface area contributed by atoms with Crippen LogP contribution in [0.25, 0.3) is 0 Å². The molecule has 0 N–H and O–H groups in total. The molecule has 166 valence electrons. The third-order valence-corrected chi connectivity index (χ3v) is 6.63. The molecule has 5 nitrogen and oxygen atoms in total. The van der Waals surface area contributed by atoms with Gasteiger partial charge in [-0.05, 0) is 48.6 Å². The summed E-state index contributed by atoms with van der Waals surface area (Å²) in [7, 11) is 3.25. The Labute approximate surface area is 185 Å². The number of carbonyl (C=O) groups excluding carboxylic acids is 1. The minimum Gasteiger partial charge on any atom is -0.493 e. The molecule has 0 spiro atoms. The van der Waals surface area contributed by atoms with Crippen molar-refractivity contribution in [3.8, 4) is 17.2 Å². The first-order valence-electron chi connectivity index (χ1n) is 11.5. The van der Waals surface area contributed by atoms with E-state index in [1.165, 1.54) is 37.7 Å². The zero-order chi connectivity index (χ0) is 21.6. The van der Waals surface area contributed by atoms with Crippen LogP contribution >= 0.6 is 0 Å². The van der Waals surface area contributed by atoms with E-state index in [4.69, 9.17) is 14.2 Å². The van der Waals surface area contributed by atoms with Crippen LogP contribution in [0.2, 0.25) is 0 Å². The molecule has 0 aromatic heterocycles. The molecular formula is C26H33NO4. The van der Waals surface area contributed by atoms with Gasteiger partial charge in [-0.3, -0.25) is 4.79 Å². The van der Waals surface area contributed by atoms with Gasteiger partial charge < -0.3 is 19.1 Å². The largest absolute Gasteiger partial charge is 0.493 e. The van der Waals surface area contributed by atoms with E-state index in [9.17, 15) is 4.79 Å². The number of nitrogens with zero attached hydrogens (tertiary/aromatic N) is 1. The summed E-state index contributed by atoms with van der Waals surface area (Å²) in [6.07, 6.45) is 8.15. The van der Waals surface area contributed by atoms with Crippen molar-refractivity contribution in [2.75, 3.05) is 27.3 Å². The summed E-state index contributed by atoms with van der Waals surface area (Å²) in [4.78, 5) is 14.9. The van der Waals surface area contributed by atoms with Gasteiger partial charge in [0.1, 0.15) is 6.10 Å². The quantitative estimate of drug-likeness (QED) is 0.621. The zero-order valence-electron chi connectivity index (χ0n) is 18.6. The van der Waals surface area contributed by atoms with Crippen molar-refractivity contribution in [2.24, 2.45) is 0 Å². The molecule has 2 aromatic carbocycles. The van der Waals surface area contributed by atoms with E-state index in [2.05, 4.69) is 12.1 Å². The normalized spacial score (nSPS) is 17.9. The second-order valence-electron chi connectivity index (χ2n) is 8.56. The van der Waals surface area contributed by atoms with E-state index in [0.29, 0.717) is 36.3 Å². The molecule has 2 aromatic rings. The van der Waals surface area contributed by atoms with Gasteiger partial charge in [0, 0.05) is 31.5 Å². The Kier molecular flexibility index (Phi) is 7.00. The van der Waals surface area contributed by atoms with Crippen LogP contribution in [0.15, 0.2) is 42.5 Å². The van der Waals surface area contributed by atoms with E-state index < -0.39 is 0 Å². The molecule has 0 radical (unpaired) electrons. The number of ether oxygens (including phenoxy) is 3. The van der Waals surface area contributed by atoms with Crippen LogP contribution in [0.5, 0.6) is 17.2 Å². The minimum absolute atomic E-state index is 0.0305. The molecule has 1 aliphatic heterocycles. The maximum atomic E-state index is 13.0. The van der Waals surface area contributed by atoms with Gasteiger partial charge in [-0.15, -0.1) is 0 Å². The smallest absolute Gasteiger partial charge is 0.253 e. The van der Waals surface area contributed by atoms with Gasteiger partial charge in [0.25, 0.3) is 5.91 Å². The number of hydrogen-bond acceptors (Lipinski definition) is 4. The van der Waals surface area contributed by atoms with Crippen LogP contribution in [-0.4, -0.2) is 44.2 Å². The van der Waals surface area contributed by atoms with Gasteiger partial charge in [0.15, 0.2) is 11.5 Å². The fraction of sp³-hybridized carbons (Fsp3) is 0.500. The Morgan fingerprint density at radius 2 is 1.45 bits per heavy atom. The summed E-state index contributed by atoms with van der Waals surface area (Å²) >= 11 is 0. The van der Waals surface area contributed by atoms with Crippen molar-refractivity contribution in [2.45, 2.75) is 57.0 Å². The number of methoxy groups -OCH3 is 2. The van der Waals surface area contributed by atoms with Gasteiger partial charge in [-0.1, -0.05) is 37.5 Å². The average molecular weight is 424 g/mol. The van der Waals surface area contributed by atoms with Gasteiger partial charge in [0.05, 0.1) is 14.2 Å². The SMILES string of the molecule is COc1cccc(OC)c1OC1CCN(C(=O)c2ccc(C3CCCCC3)cc2)CC1. The lowest BCUT2D eigenvalue weighted by molar-refractivity contribution is 0.0585. The number of rotatable bonds is 6. The fourth-order valence-corrected chi connectivity index (χ4v) is 4.79. The Morgan fingerprint density at radius 1 is 0.839 bits per heavy atom. The highest BCUT2D eigenvalue weighted by Gasteiger charge is 2.26. The molecule has 2 aliphatic rings. The number of hydrogen-bond donors (Lipinski definition) is 0. The fourth-order valence-electron chi connectivity index (χ4n) is 4.79. The molecule has 1 amide bonds. The lowest BCUT2D eigenvalue weighted by Gasteiger charge is -2.33. The van der Waals surface area contributed by atoms with Crippen molar-refractivity contribution in [1.29, 1.82) is 0 Å². The molecule has 1 saturated carbocycles. The van der Waals surface area contributed by atoms with Crippen LogP contribution in [0.1, 0.15) is 66.8 Å². The van der Waals surface area contributed by atoms with E-state index in [-0.39, 0.29) is 12.0 Å². The van der Waals surface area contributed by atoms with Gasteiger partial charge in [0.2, 0.25) is 5.75 Å². The van der Waals surface area contributed by atoms with Crippen molar-refractivity contribution < 1.29 is 19.0 Å². The molecule has 1 saturated heterocycles. The standard InChI is InChI=1S/C26H33NO4/c1-29-23-9-6-10-24(30-2)25(23)31-22-15-17-27(18-16-22)26(28)21-13-11-20(12-14-21)19-7-4-3-5-8-19/h6,9-14,19,22H,3-5,7-8,15-18H2,1-2H3. The predicted molar refractivity (Wildman–Crippen MR) is 121 cm³/mol. The maximum Gasteiger partial charge on any atom is 0.253 e. The molecule has 1 aliphatic carbocycles. The van der Waals surface area contributed by atoms with Crippen LogP contribution in [0, 0.1) is 0 Å². The van der Waals surface area contributed by atoms with Gasteiger partial charge >= 0.3 is 0 Å². The van der Waals surface area contributed by atoms with Crippen molar-refractivity contribution >= 4 is 5.91 Å². The van der Waals surface area contributed by atoms with Crippen molar-refractivity contribution in [3.63, 3.8) is 0 Å². The second-order valence-corrected chi connectivity index (χ2v) is 8.56. The highest BCUT2D eigenvalue weighted by molar-refractivity contribution is 5.94. The Hall–Kier alpha value is -2.69. The summed E-state index contributed by atoms with van der Waals surface area (Å²) in [5, 5.41) is 0. The summed E-state index contributed by atoms with van der Waals surface area (Å²) in [6.45, 7) is 1.37. The number of amides is 1. The van der Waals surface area contributed by atoms with Crippen LogP contribution in [-0.2, 0) is 0 Å². The summed E-state index contributed by atoms with van der Waals surface area (Å²) in [5.74, 6) is 2.74. The molecule has 0 bridgehead atoms. The third-order valence-electron chi connectivity index (χ3n) is 6.63. The third kappa shape index (κ3) is 4.97. The molecule has 4 rings (SSSR count). The summed E-state index contributed by atoms with van der Waals surface area (Å²) in [6, 6.07) is 14.0. The first-order valence-corrected chi connectivity index (χ1v) is 11.5. The van der Waals surface area contributed by atoms with Crippen molar-refractivity contribution in [1.82, 2.24) is 4.90 Å². The summed E-state index contributed by atoms with van der Waals surface area (Å²) in [5.41, 5.74) is 2.17. The van der Waals surface area contributed by atoms with E-state index in [1.54, 1.807) is 14.2 Å². The average Bonchev–Trinajstić information content (AvgIpc) is 2.85. The molecule has 5 heteroatoms. The first kappa shape index (κ1) is 21.5. The number of para-hydroxylation sites is 1. The minimum atomic E-state index is 0.0305. The first-order chi connectivity index (χ1) is 15.2. The predicted octanol–water partition coefficient (Wildman–Crippen LogP) is 5.44. The molecule has 0 atom stereocenters. The highest BCUT2D eigenvalue weighted by Crippen LogP contribution is 2.38. The molecule has 2 fully saturated rings. The van der Waals surface area contributed by atoms with Gasteiger partial charge in [-0.2, -0.15) is 0 Å². The van der Waals surface area contributed by atoms with Crippen LogP contribution < -0.4 is 14.2 Å². The van der Waals surface area contributed by atoms with Gasteiger partial charge in [-0.25, -0.2) is 0 Å². The number of carbonyl (C=O) groups is 1. The maximum absolute atomic E-state index is 13.0. The topological polar surface area (TPSA) is 48.0 Å². The second kappa shape index (κ2) is 10.1. The van der Waals surface area contributed by atoms with E-state index in [1.807, 2.05) is 35.2 Å². The number of likely N-dealkylation sites (tertiary alicyclic amines) is 1. The van der Waals surface area contributed by atoms with Crippen LogP contribution in [0.4, 0.5) is 0 Å². The van der Waals surface area contributed by atoms with E-state index >= 15 is 0 Å². The Morgan fingerprint density at radius 3 is 2.03 bits per heavy atom. The summed E-state index contributed by atoms with van der Waals surface area (Å²) < 4.78 is 17.1. The van der Waals surface area contributed by atoms with E-state index in [0.717, 1.165) is 18.4 Å². The van der Waals surface area contributed by atoms with Crippen molar-refractivity contribution in [3.05, 3.63) is 53.6 Å². The Balaban J connectivity index is 1.34. The lowest BCUT2D eigenvalue weighted by atomic mass is 9.84. The molecular weight excluding hydrogens is 390 g/mol. The molecule has 0 unspecified atom stereocenters. The Bertz CT molecular complexity index is 843. The highest BCUT2D eigenvalue weighted by atomic mass is 16.5. The monoisotopic (exact) mass is 423 g/mol. The molecule has 1 heterocycles. The zero-order valence-corrected chi connectivity index (χ0v) is 18.6.